The Hall–Kier alpha value is -2.18. The van der Waals surface area contributed by atoms with Crippen molar-refractivity contribution in [3.8, 4) is 5.75 Å². The first-order valence-corrected chi connectivity index (χ1v) is 6.69. The smallest absolute Gasteiger partial charge is 0.131 e. The van der Waals surface area contributed by atoms with E-state index in [0.29, 0.717) is 30.3 Å². The van der Waals surface area contributed by atoms with E-state index in [1.807, 2.05) is 11.9 Å². The van der Waals surface area contributed by atoms with Crippen molar-refractivity contribution in [1.82, 2.24) is 14.9 Å². The largest absolute Gasteiger partial charge is 0.508 e. The van der Waals surface area contributed by atoms with Gasteiger partial charge in [0.2, 0.25) is 0 Å². The number of nitrogens with two attached hydrogens (primary N) is 1. The maximum Gasteiger partial charge on any atom is 0.131 e. The summed E-state index contributed by atoms with van der Waals surface area (Å²) in [7, 11) is 1.88. The second-order valence-corrected chi connectivity index (χ2v) is 5.14. The molecule has 1 aromatic heterocycles. The maximum absolute atomic E-state index is 10.2. The number of aliphatic hydroxyl groups excluding tert-OH is 1. The molecule has 0 saturated carbocycles. The van der Waals surface area contributed by atoms with Crippen LogP contribution in [-0.4, -0.2) is 38.7 Å². The van der Waals surface area contributed by atoms with Gasteiger partial charge in [-0.3, -0.25) is 4.90 Å². The molecule has 21 heavy (non-hydrogen) atoms. The molecule has 6 nitrogen and oxygen atoms in total. The van der Waals surface area contributed by atoms with Crippen LogP contribution >= 0.6 is 0 Å². The van der Waals surface area contributed by atoms with Crippen LogP contribution in [0.1, 0.15) is 23.1 Å². The van der Waals surface area contributed by atoms with E-state index in [9.17, 15) is 10.2 Å². The SMILES string of the molecule is Cc1ncc(CN(C)CC(O)c2cccc(O)c2)c(N)n1. The van der Waals surface area contributed by atoms with Gasteiger partial charge in [0.25, 0.3) is 0 Å². The fourth-order valence-corrected chi connectivity index (χ4v) is 2.12. The predicted octanol–water partition coefficient (Wildman–Crippen LogP) is 1.24. The quantitative estimate of drug-likeness (QED) is 0.766. The third-order valence-electron chi connectivity index (χ3n) is 3.20. The normalized spacial score (nSPS) is 12.6. The highest BCUT2D eigenvalue weighted by atomic mass is 16.3. The number of likely N-dealkylation sites (N-methyl/N-ethyl adjacent to an activating group) is 1. The minimum Gasteiger partial charge on any atom is -0.508 e. The van der Waals surface area contributed by atoms with Crippen LogP contribution in [-0.2, 0) is 6.54 Å². The molecule has 0 spiro atoms. The van der Waals surface area contributed by atoms with Crippen LogP contribution in [0.4, 0.5) is 5.82 Å². The lowest BCUT2D eigenvalue weighted by Gasteiger charge is -2.21. The summed E-state index contributed by atoms with van der Waals surface area (Å²) >= 11 is 0. The molecule has 4 N–H and O–H groups in total. The molecule has 1 heterocycles. The average Bonchev–Trinajstić information content (AvgIpc) is 2.42. The Balaban J connectivity index is 1.99. The lowest BCUT2D eigenvalue weighted by atomic mass is 10.1. The number of aliphatic hydroxyl groups is 1. The zero-order valence-electron chi connectivity index (χ0n) is 12.2. The number of aromatic nitrogens is 2. The molecule has 112 valence electrons. The van der Waals surface area contributed by atoms with Gasteiger partial charge >= 0.3 is 0 Å². The Bertz CT molecular complexity index is 618. The van der Waals surface area contributed by atoms with Crippen molar-refractivity contribution in [2.45, 2.75) is 19.6 Å². The molecule has 0 radical (unpaired) electrons. The van der Waals surface area contributed by atoms with Gasteiger partial charge in [-0.25, -0.2) is 9.97 Å². The van der Waals surface area contributed by atoms with Crippen molar-refractivity contribution in [3.05, 3.63) is 47.4 Å². The fourth-order valence-electron chi connectivity index (χ4n) is 2.12. The molecular weight excluding hydrogens is 268 g/mol. The Morgan fingerprint density at radius 1 is 1.38 bits per heavy atom. The highest BCUT2D eigenvalue weighted by Gasteiger charge is 2.13. The van der Waals surface area contributed by atoms with Gasteiger partial charge in [0.15, 0.2) is 0 Å². The van der Waals surface area contributed by atoms with Crippen molar-refractivity contribution in [3.63, 3.8) is 0 Å². The monoisotopic (exact) mass is 288 g/mol. The Morgan fingerprint density at radius 3 is 2.81 bits per heavy atom. The zero-order valence-corrected chi connectivity index (χ0v) is 12.2. The summed E-state index contributed by atoms with van der Waals surface area (Å²) in [4.78, 5) is 10.2. The first-order chi connectivity index (χ1) is 9.95. The van der Waals surface area contributed by atoms with Crippen molar-refractivity contribution in [1.29, 1.82) is 0 Å². The van der Waals surface area contributed by atoms with E-state index in [4.69, 9.17) is 5.73 Å². The third-order valence-corrected chi connectivity index (χ3v) is 3.20. The van der Waals surface area contributed by atoms with E-state index in [2.05, 4.69) is 9.97 Å². The predicted molar refractivity (Wildman–Crippen MR) is 80.6 cm³/mol. The highest BCUT2D eigenvalue weighted by Crippen LogP contribution is 2.19. The molecular formula is C15H20N4O2. The van der Waals surface area contributed by atoms with Gasteiger partial charge in [0, 0.05) is 24.8 Å². The zero-order chi connectivity index (χ0) is 15.4. The number of hydrogen-bond acceptors (Lipinski definition) is 6. The third kappa shape index (κ3) is 4.14. The van der Waals surface area contributed by atoms with E-state index < -0.39 is 6.10 Å². The Morgan fingerprint density at radius 2 is 2.14 bits per heavy atom. The minimum atomic E-state index is -0.685. The van der Waals surface area contributed by atoms with Crippen LogP contribution in [0.2, 0.25) is 0 Å². The highest BCUT2D eigenvalue weighted by molar-refractivity contribution is 5.37. The lowest BCUT2D eigenvalue weighted by molar-refractivity contribution is 0.123. The van der Waals surface area contributed by atoms with E-state index in [-0.39, 0.29) is 5.75 Å². The summed E-state index contributed by atoms with van der Waals surface area (Å²) in [6, 6.07) is 6.62. The van der Waals surface area contributed by atoms with Crippen LogP contribution in [0.15, 0.2) is 30.5 Å². The summed E-state index contributed by atoms with van der Waals surface area (Å²) in [6.45, 7) is 2.74. The number of rotatable bonds is 5. The van der Waals surface area contributed by atoms with Gasteiger partial charge in [0.1, 0.15) is 17.4 Å². The Kier molecular flexibility index (Phi) is 4.72. The van der Waals surface area contributed by atoms with Crippen LogP contribution in [0.5, 0.6) is 5.75 Å². The minimum absolute atomic E-state index is 0.144. The standard InChI is InChI=1S/C15H20N4O2/c1-10-17-7-12(15(16)18-10)8-19(2)9-14(21)11-4-3-5-13(20)6-11/h3-7,14,20-21H,8-9H2,1-2H3,(H2,16,17,18). The molecule has 0 aliphatic carbocycles. The topological polar surface area (TPSA) is 95.5 Å². The van der Waals surface area contributed by atoms with Gasteiger partial charge in [-0.2, -0.15) is 0 Å². The fraction of sp³-hybridized carbons (Fsp3) is 0.333. The summed E-state index contributed by atoms with van der Waals surface area (Å²) < 4.78 is 0. The molecule has 0 bridgehead atoms. The summed E-state index contributed by atoms with van der Waals surface area (Å²) in [5.41, 5.74) is 7.36. The van der Waals surface area contributed by atoms with Crippen LogP contribution < -0.4 is 5.73 Å². The molecule has 2 aromatic rings. The molecule has 2 rings (SSSR count). The molecule has 0 amide bonds. The molecule has 0 saturated heterocycles. The van der Waals surface area contributed by atoms with Gasteiger partial charge in [0.05, 0.1) is 6.10 Å². The van der Waals surface area contributed by atoms with Gasteiger partial charge < -0.3 is 15.9 Å². The average molecular weight is 288 g/mol. The van der Waals surface area contributed by atoms with Crippen molar-refractivity contribution >= 4 is 5.82 Å². The number of phenols is 1. The van der Waals surface area contributed by atoms with E-state index >= 15 is 0 Å². The Labute approximate surface area is 123 Å². The number of benzene rings is 1. The molecule has 1 aromatic carbocycles. The van der Waals surface area contributed by atoms with Crippen molar-refractivity contribution in [2.24, 2.45) is 0 Å². The molecule has 1 atom stereocenters. The number of aryl methyl sites for hydroxylation is 1. The van der Waals surface area contributed by atoms with Crippen molar-refractivity contribution < 1.29 is 10.2 Å². The van der Waals surface area contributed by atoms with E-state index in [1.54, 1.807) is 37.4 Å². The number of nitrogen functional groups attached to an aromatic ring is 1. The van der Waals surface area contributed by atoms with Gasteiger partial charge in [-0.1, -0.05) is 12.1 Å². The summed E-state index contributed by atoms with van der Waals surface area (Å²) in [5.74, 6) is 1.24. The molecule has 0 fully saturated rings. The number of phenolic OH excluding ortho intramolecular Hbond substituents is 1. The molecule has 1 unspecified atom stereocenters. The van der Waals surface area contributed by atoms with Gasteiger partial charge in [-0.15, -0.1) is 0 Å². The summed E-state index contributed by atoms with van der Waals surface area (Å²) in [5, 5.41) is 19.6. The maximum atomic E-state index is 10.2. The summed E-state index contributed by atoms with van der Waals surface area (Å²) in [6.07, 6.45) is 1.02. The number of hydrogen-bond donors (Lipinski definition) is 3. The second-order valence-electron chi connectivity index (χ2n) is 5.14. The van der Waals surface area contributed by atoms with Crippen LogP contribution in [0.3, 0.4) is 0 Å². The first kappa shape index (κ1) is 15.2. The van der Waals surface area contributed by atoms with Crippen LogP contribution in [0, 0.1) is 6.92 Å². The molecule has 0 aliphatic heterocycles. The second kappa shape index (κ2) is 6.51. The van der Waals surface area contributed by atoms with Crippen molar-refractivity contribution in [2.75, 3.05) is 19.3 Å². The first-order valence-electron chi connectivity index (χ1n) is 6.69. The lowest BCUT2D eigenvalue weighted by Crippen LogP contribution is -2.25. The van der Waals surface area contributed by atoms with E-state index in [0.717, 1.165) is 5.56 Å². The molecule has 6 heteroatoms. The number of nitrogens with zero attached hydrogens (tertiary/aromatic N) is 3. The number of aromatic hydroxyl groups is 1. The molecule has 0 aliphatic rings. The number of anilines is 1. The van der Waals surface area contributed by atoms with E-state index in [1.165, 1.54) is 0 Å². The van der Waals surface area contributed by atoms with Crippen LogP contribution in [0.25, 0.3) is 0 Å². The van der Waals surface area contributed by atoms with Gasteiger partial charge in [-0.05, 0) is 31.7 Å².